The predicted octanol–water partition coefficient (Wildman–Crippen LogP) is -0.235. The average Bonchev–Trinajstić information content (AvgIpc) is 3.09. The molecule has 7 heteroatoms. The van der Waals surface area contributed by atoms with E-state index in [1.165, 1.54) is 0 Å². The molecule has 7 nitrogen and oxygen atoms in total. The Bertz CT molecular complexity index is 455. The lowest BCUT2D eigenvalue weighted by Crippen LogP contribution is -2.49. The van der Waals surface area contributed by atoms with Crippen molar-refractivity contribution < 1.29 is 9.53 Å². The minimum absolute atomic E-state index is 0.0207. The third-order valence-corrected chi connectivity index (χ3v) is 3.64. The number of H-pyrrole nitrogens is 1. The van der Waals surface area contributed by atoms with Crippen LogP contribution in [0.4, 0.5) is 0 Å². The molecule has 0 aliphatic carbocycles. The van der Waals surface area contributed by atoms with E-state index in [2.05, 4.69) is 20.5 Å². The molecule has 2 atom stereocenters. The monoisotopic (exact) mass is 265 g/mol. The second-order valence-corrected chi connectivity index (χ2v) is 5.07. The van der Waals surface area contributed by atoms with Gasteiger partial charge in [0, 0.05) is 6.54 Å². The smallest absolute Gasteiger partial charge is 0.239 e. The standard InChI is InChI=1S/C12H19N5O2/c1-8-14-11(16-15-8)10-7-17(5-6-19-10)12(18)9-3-2-4-13-9/h9-10,13H,2-7H2,1H3,(H,14,15,16). The second-order valence-electron chi connectivity index (χ2n) is 5.07. The Hall–Kier alpha value is -1.47. The molecule has 1 amide bonds. The van der Waals surface area contributed by atoms with Gasteiger partial charge < -0.3 is 15.0 Å². The molecule has 0 bridgehead atoms. The average molecular weight is 265 g/mol. The van der Waals surface area contributed by atoms with Crippen LogP contribution in [0.25, 0.3) is 0 Å². The van der Waals surface area contributed by atoms with Crippen molar-refractivity contribution in [3.05, 3.63) is 11.6 Å². The first kappa shape index (κ1) is 12.6. The summed E-state index contributed by atoms with van der Waals surface area (Å²) in [5.74, 6) is 1.58. The van der Waals surface area contributed by atoms with Gasteiger partial charge in [-0.25, -0.2) is 4.98 Å². The molecule has 1 aromatic heterocycles. The number of hydrogen-bond donors (Lipinski definition) is 2. The zero-order chi connectivity index (χ0) is 13.2. The van der Waals surface area contributed by atoms with Crippen molar-refractivity contribution in [1.82, 2.24) is 25.4 Å². The van der Waals surface area contributed by atoms with E-state index in [9.17, 15) is 4.79 Å². The fraction of sp³-hybridized carbons (Fsp3) is 0.750. The van der Waals surface area contributed by atoms with Crippen molar-refractivity contribution in [2.45, 2.75) is 31.9 Å². The van der Waals surface area contributed by atoms with Crippen molar-refractivity contribution in [2.75, 3.05) is 26.2 Å². The lowest BCUT2D eigenvalue weighted by Gasteiger charge is -2.33. The van der Waals surface area contributed by atoms with Gasteiger partial charge in [-0.15, -0.1) is 0 Å². The summed E-state index contributed by atoms with van der Waals surface area (Å²) in [6.07, 6.45) is 1.79. The van der Waals surface area contributed by atoms with E-state index in [-0.39, 0.29) is 18.1 Å². The van der Waals surface area contributed by atoms with E-state index in [0.717, 1.165) is 25.2 Å². The molecule has 0 spiro atoms. The van der Waals surface area contributed by atoms with Gasteiger partial charge in [0.2, 0.25) is 5.91 Å². The lowest BCUT2D eigenvalue weighted by molar-refractivity contribution is -0.141. The number of aryl methyl sites for hydroxylation is 1. The number of amides is 1. The predicted molar refractivity (Wildman–Crippen MR) is 67.4 cm³/mol. The van der Waals surface area contributed by atoms with Gasteiger partial charge in [0.1, 0.15) is 11.9 Å². The second kappa shape index (κ2) is 5.26. The van der Waals surface area contributed by atoms with E-state index in [0.29, 0.717) is 25.5 Å². The lowest BCUT2D eigenvalue weighted by atomic mass is 10.1. The summed E-state index contributed by atoms with van der Waals surface area (Å²) in [6, 6.07) is -0.0207. The maximum absolute atomic E-state index is 12.3. The molecule has 2 N–H and O–H groups in total. The first-order chi connectivity index (χ1) is 9.24. The first-order valence-corrected chi connectivity index (χ1v) is 6.77. The number of nitrogens with zero attached hydrogens (tertiary/aromatic N) is 3. The molecular weight excluding hydrogens is 246 g/mol. The van der Waals surface area contributed by atoms with Crippen molar-refractivity contribution in [3.8, 4) is 0 Å². The Morgan fingerprint density at radius 1 is 1.53 bits per heavy atom. The molecule has 3 heterocycles. The van der Waals surface area contributed by atoms with Gasteiger partial charge in [0.05, 0.1) is 19.2 Å². The molecule has 1 aromatic rings. The van der Waals surface area contributed by atoms with Crippen LogP contribution in [0.1, 0.15) is 30.6 Å². The van der Waals surface area contributed by atoms with E-state index in [1.54, 1.807) is 0 Å². The highest BCUT2D eigenvalue weighted by molar-refractivity contribution is 5.82. The van der Waals surface area contributed by atoms with Crippen LogP contribution in [0.3, 0.4) is 0 Å². The summed E-state index contributed by atoms with van der Waals surface area (Å²) in [5.41, 5.74) is 0. The summed E-state index contributed by atoms with van der Waals surface area (Å²) < 4.78 is 5.66. The number of rotatable bonds is 2. The summed E-state index contributed by atoms with van der Waals surface area (Å²) in [5, 5.41) is 10.2. The Kier molecular flexibility index (Phi) is 3.48. The van der Waals surface area contributed by atoms with Crippen LogP contribution in [0.5, 0.6) is 0 Å². The number of hydrogen-bond acceptors (Lipinski definition) is 5. The van der Waals surface area contributed by atoms with Gasteiger partial charge in [0.25, 0.3) is 0 Å². The molecule has 0 radical (unpaired) electrons. The molecule has 2 aliphatic rings. The van der Waals surface area contributed by atoms with Gasteiger partial charge in [-0.1, -0.05) is 0 Å². The van der Waals surface area contributed by atoms with E-state index in [4.69, 9.17) is 4.74 Å². The van der Waals surface area contributed by atoms with Crippen molar-refractivity contribution in [3.63, 3.8) is 0 Å². The molecule has 0 saturated carbocycles. The third-order valence-electron chi connectivity index (χ3n) is 3.64. The summed E-state index contributed by atoms with van der Waals surface area (Å²) in [4.78, 5) is 18.5. The van der Waals surface area contributed by atoms with E-state index in [1.807, 2.05) is 11.8 Å². The fourth-order valence-corrected chi connectivity index (χ4v) is 2.63. The van der Waals surface area contributed by atoms with Gasteiger partial charge in [0.15, 0.2) is 5.82 Å². The zero-order valence-corrected chi connectivity index (χ0v) is 11.1. The number of nitrogens with one attached hydrogen (secondary N) is 2. The zero-order valence-electron chi connectivity index (χ0n) is 11.1. The maximum atomic E-state index is 12.3. The number of carbonyl (C=O) groups is 1. The van der Waals surface area contributed by atoms with Crippen molar-refractivity contribution in [2.24, 2.45) is 0 Å². The number of aromatic nitrogens is 3. The maximum Gasteiger partial charge on any atom is 0.239 e. The molecule has 104 valence electrons. The van der Waals surface area contributed by atoms with Gasteiger partial charge in [-0.2, -0.15) is 5.10 Å². The Morgan fingerprint density at radius 2 is 2.42 bits per heavy atom. The summed E-state index contributed by atoms with van der Waals surface area (Å²) >= 11 is 0. The van der Waals surface area contributed by atoms with E-state index >= 15 is 0 Å². The number of ether oxygens (including phenoxy) is 1. The molecular formula is C12H19N5O2. The highest BCUT2D eigenvalue weighted by Gasteiger charge is 2.32. The van der Waals surface area contributed by atoms with Crippen LogP contribution >= 0.6 is 0 Å². The Labute approximate surface area is 111 Å². The van der Waals surface area contributed by atoms with Crippen LogP contribution in [0, 0.1) is 6.92 Å². The van der Waals surface area contributed by atoms with Crippen molar-refractivity contribution >= 4 is 5.91 Å². The quantitative estimate of drug-likeness (QED) is 0.771. The molecule has 2 aliphatic heterocycles. The van der Waals surface area contributed by atoms with Crippen molar-refractivity contribution in [1.29, 1.82) is 0 Å². The van der Waals surface area contributed by atoms with Crippen LogP contribution < -0.4 is 5.32 Å². The third kappa shape index (κ3) is 2.62. The largest absolute Gasteiger partial charge is 0.366 e. The topological polar surface area (TPSA) is 83.1 Å². The SMILES string of the molecule is Cc1nc(C2CN(C(=O)C3CCCN3)CCO2)n[nH]1. The highest BCUT2D eigenvalue weighted by Crippen LogP contribution is 2.20. The molecule has 19 heavy (non-hydrogen) atoms. The molecule has 2 saturated heterocycles. The van der Waals surface area contributed by atoms with Crippen LogP contribution in [0.15, 0.2) is 0 Å². The molecule has 0 aromatic carbocycles. The normalized spacial score (nSPS) is 27.7. The highest BCUT2D eigenvalue weighted by atomic mass is 16.5. The van der Waals surface area contributed by atoms with Crippen LogP contribution in [-0.4, -0.2) is 58.3 Å². The van der Waals surface area contributed by atoms with Gasteiger partial charge in [-0.05, 0) is 26.3 Å². The summed E-state index contributed by atoms with van der Waals surface area (Å²) in [6.45, 7) is 4.51. The Morgan fingerprint density at radius 3 is 3.11 bits per heavy atom. The fourth-order valence-electron chi connectivity index (χ4n) is 2.63. The van der Waals surface area contributed by atoms with Crippen LogP contribution in [0.2, 0.25) is 0 Å². The molecule has 3 rings (SSSR count). The summed E-state index contributed by atoms with van der Waals surface area (Å²) in [7, 11) is 0. The van der Waals surface area contributed by atoms with Gasteiger partial charge >= 0.3 is 0 Å². The molecule has 2 unspecified atom stereocenters. The van der Waals surface area contributed by atoms with Crippen LogP contribution in [-0.2, 0) is 9.53 Å². The number of carbonyl (C=O) groups excluding carboxylic acids is 1. The Balaban J connectivity index is 1.65. The minimum Gasteiger partial charge on any atom is -0.366 e. The first-order valence-electron chi connectivity index (χ1n) is 6.77. The minimum atomic E-state index is -0.218. The number of aromatic amines is 1. The number of morpholine rings is 1. The van der Waals surface area contributed by atoms with Gasteiger partial charge in [-0.3, -0.25) is 9.89 Å². The van der Waals surface area contributed by atoms with E-state index < -0.39 is 0 Å². The molecule has 2 fully saturated rings.